The third-order valence-electron chi connectivity index (χ3n) is 3.33. The Morgan fingerprint density at radius 2 is 2.09 bits per heavy atom. The first-order valence-electron chi connectivity index (χ1n) is 6.75. The fourth-order valence-electron chi connectivity index (χ4n) is 1.91. The molecule has 0 bridgehead atoms. The maximum atomic E-state index is 13.2. The number of benzene rings is 1. The number of rotatable bonds is 5. The Hall–Kier alpha value is -2.28. The summed E-state index contributed by atoms with van der Waals surface area (Å²) in [5.41, 5.74) is 1.25. The molecule has 1 N–H and O–H groups in total. The van der Waals surface area contributed by atoms with E-state index >= 15 is 0 Å². The predicted octanol–water partition coefficient (Wildman–Crippen LogP) is 2.72. The molecule has 2 rings (SSSR count). The van der Waals surface area contributed by atoms with Crippen molar-refractivity contribution in [1.82, 2.24) is 10.1 Å². The Bertz CT molecular complexity index is 673. The molecule has 1 unspecified atom stereocenters. The molecular formula is C15H17F2N3O2. The molecule has 1 atom stereocenters. The first-order valence-corrected chi connectivity index (χ1v) is 6.75. The minimum atomic E-state index is -0.903. The number of aromatic nitrogens is 1. The second-order valence-corrected chi connectivity index (χ2v) is 5.16. The van der Waals surface area contributed by atoms with Gasteiger partial charge in [0.2, 0.25) is 11.8 Å². The molecule has 1 amide bonds. The van der Waals surface area contributed by atoms with Crippen LogP contribution < -0.4 is 5.32 Å². The van der Waals surface area contributed by atoms with E-state index in [2.05, 4.69) is 10.5 Å². The monoisotopic (exact) mass is 309 g/mol. The molecule has 0 aliphatic rings. The summed E-state index contributed by atoms with van der Waals surface area (Å²) in [6.45, 7) is 3.76. The smallest absolute Gasteiger partial charge is 0.243 e. The lowest BCUT2D eigenvalue weighted by atomic mass is 10.1. The summed E-state index contributed by atoms with van der Waals surface area (Å²) in [6, 6.07) is 4.80. The Kier molecular flexibility index (Phi) is 4.87. The molecule has 0 aliphatic heterocycles. The van der Waals surface area contributed by atoms with Gasteiger partial charge in [0.1, 0.15) is 0 Å². The normalized spacial score (nSPS) is 12.5. The predicted molar refractivity (Wildman–Crippen MR) is 77.2 cm³/mol. The van der Waals surface area contributed by atoms with Gasteiger partial charge in [-0.15, -0.1) is 0 Å². The molecule has 0 saturated carbocycles. The fraction of sp³-hybridized carbons (Fsp3) is 0.333. The van der Waals surface area contributed by atoms with Crippen molar-refractivity contribution in [2.24, 2.45) is 0 Å². The second kappa shape index (κ2) is 6.65. The highest BCUT2D eigenvalue weighted by Gasteiger charge is 2.20. The molecule has 118 valence electrons. The summed E-state index contributed by atoms with van der Waals surface area (Å²) in [6.07, 6.45) is 0. The first-order chi connectivity index (χ1) is 10.4. The maximum Gasteiger partial charge on any atom is 0.243 e. The lowest BCUT2D eigenvalue weighted by Crippen LogP contribution is -2.39. The zero-order valence-electron chi connectivity index (χ0n) is 12.6. The van der Waals surface area contributed by atoms with Crippen molar-refractivity contribution >= 4 is 11.8 Å². The number of nitrogens with one attached hydrogen (secondary N) is 1. The molecule has 22 heavy (non-hydrogen) atoms. The van der Waals surface area contributed by atoms with Crippen LogP contribution in [0.1, 0.15) is 18.2 Å². The van der Waals surface area contributed by atoms with E-state index in [4.69, 9.17) is 4.52 Å². The van der Waals surface area contributed by atoms with E-state index in [1.54, 1.807) is 31.9 Å². The summed E-state index contributed by atoms with van der Waals surface area (Å²) >= 11 is 0. The van der Waals surface area contributed by atoms with Crippen LogP contribution in [0.3, 0.4) is 0 Å². The van der Waals surface area contributed by atoms with Crippen LogP contribution in [-0.4, -0.2) is 29.1 Å². The van der Waals surface area contributed by atoms with Gasteiger partial charge in [0.15, 0.2) is 11.6 Å². The van der Waals surface area contributed by atoms with Gasteiger partial charge in [-0.05, 0) is 38.6 Å². The molecule has 1 heterocycles. The van der Waals surface area contributed by atoms with E-state index in [-0.39, 0.29) is 11.8 Å². The van der Waals surface area contributed by atoms with Crippen LogP contribution >= 0.6 is 0 Å². The molecule has 0 fully saturated rings. The summed E-state index contributed by atoms with van der Waals surface area (Å²) < 4.78 is 31.0. The number of carbonyl (C=O) groups is 1. The van der Waals surface area contributed by atoms with Crippen LogP contribution in [0.5, 0.6) is 0 Å². The quantitative estimate of drug-likeness (QED) is 0.922. The van der Waals surface area contributed by atoms with Crippen molar-refractivity contribution in [2.75, 3.05) is 12.4 Å². The van der Waals surface area contributed by atoms with Gasteiger partial charge in [-0.25, -0.2) is 8.78 Å². The van der Waals surface area contributed by atoms with Gasteiger partial charge < -0.3 is 4.52 Å². The molecule has 0 radical (unpaired) electrons. The molecule has 0 saturated heterocycles. The number of likely N-dealkylation sites (N-methyl/N-ethyl adjacent to an activating group) is 1. The second-order valence-electron chi connectivity index (χ2n) is 5.16. The number of aryl methyl sites for hydroxylation is 1. The van der Waals surface area contributed by atoms with Crippen molar-refractivity contribution in [3.8, 4) is 0 Å². The molecular weight excluding hydrogens is 292 g/mol. The summed E-state index contributed by atoms with van der Waals surface area (Å²) in [4.78, 5) is 13.8. The minimum absolute atomic E-state index is 0.274. The maximum absolute atomic E-state index is 13.2. The molecule has 2 aromatic rings. The largest absolute Gasteiger partial charge is 0.338 e. The third kappa shape index (κ3) is 3.88. The lowest BCUT2D eigenvalue weighted by molar-refractivity contribution is -0.120. The molecule has 1 aromatic carbocycles. The van der Waals surface area contributed by atoms with Gasteiger partial charge in [-0.2, -0.15) is 0 Å². The van der Waals surface area contributed by atoms with Crippen LogP contribution in [-0.2, 0) is 11.3 Å². The number of halogens is 2. The van der Waals surface area contributed by atoms with Crippen molar-refractivity contribution in [3.63, 3.8) is 0 Å². The Labute approximate surface area is 126 Å². The minimum Gasteiger partial charge on any atom is -0.338 e. The summed E-state index contributed by atoms with van der Waals surface area (Å²) in [7, 11) is 1.72. The Balaban J connectivity index is 1.97. The van der Waals surface area contributed by atoms with E-state index in [1.165, 1.54) is 6.07 Å². The number of anilines is 1. The highest BCUT2D eigenvalue weighted by molar-refractivity contribution is 5.93. The molecule has 7 heteroatoms. The van der Waals surface area contributed by atoms with Crippen LogP contribution in [0.2, 0.25) is 0 Å². The van der Waals surface area contributed by atoms with E-state index in [0.717, 1.165) is 12.1 Å². The van der Waals surface area contributed by atoms with Gasteiger partial charge >= 0.3 is 0 Å². The summed E-state index contributed by atoms with van der Waals surface area (Å²) in [5, 5.41) is 6.28. The zero-order chi connectivity index (χ0) is 16.3. The number of amides is 1. The Morgan fingerprint density at radius 3 is 2.68 bits per heavy atom. The van der Waals surface area contributed by atoms with Crippen LogP contribution in [0.15, 0.2) is 28.8 Å². The zero-order valence-corrected chi connectivity index (χ0v) is 12.6. The van der Waals surface area contributed by atoms with Gasteiger partial charge in [0.05, 0.1) is 11.7 Å². The van der Waals surface area contributed by atoms with Crippen molar-refractivity contribution in [2.45, 2.75) is 26.4 Å². The van der Waals surface area contributed by atoms with Crippen LogP contribution in [0, 0.1) is 18.6 Å². The number of hydrogen-bond donors (Lipinski definition) is 1. The third-order valence-corrected chi connectivity index (χ3v) is 3.33. The van der Waals surface area contributed by atoms with Crippen molar-refractivity contribution in [1.29, 1.82) is 0 Å². The molecule has 5 nitrogen and oxygen atoms in total. The van der Waals surface area contributed by atoms with E-state index in [1.807, 2.05) is 0 Å². The number of carbonyl (C=O) groups excluding carboxylic acids is 1. The topological polar surface area (TPSA) is 58.4 Å². The van der Waals surface area contributed by atoms with E-state index in [0.29, 0.717) is 17.8 Å². The highest BCUT2D eigenvalue weighted by atomic mass is 19.2. The van der Waals surface area contributed by atoms with Gasteiger partial charge in [0.25, 0.3) is 0 Å². The standard InChI is InChI=1S/C15H17F2N3O2/c1-9-6-14(22-19-9)18-15(21)10(2)20(3)8-11-4-5-12(16)13(17)7-11/h4-7,10H,8H2,1-3H3,(H,18,21). The molecule has 1 aromatic heterocycles. The average Bonchev–Trinajstić information content (AvgIpc) is 2.87. The lowest BCUT2D eigenvalue weighted by Gasteiger charge is -2.23. The van der Waals surface area contributed by atoms with Crippen LogP contribution in [0.25, 0.3) is 0 Å². The number of hydrogen-bond acceptors (Lipinski definition) is 4. The summed E-state index contributed by atoms with van der Waals surface area (Å²) in [5.74, 6) is -1.80. The van der Waals surface area contributed by atoms with E-state index < -0.39 is 17.7 Å². The van der Waals surface area contributed by atoms with Crippen molar-refractivity contribution < 1.29 is 18.1 Å². The Morgan fingerprint density at radius 1 is 1.36 bits per heavy atom. The average molecular weight is 309 g/mol. The molecule has 0 aliphatic carbocycles. The van der Waals surface area contributed by atoms with Crippen LogP contribution in [0.4, 0.5) is 14.7 Å². The van der Waals surface area contributed by atoms with Crippen molar-refractivity contribution in [3.05, 3.63) is 47.2 Å². The molecule has 0 spiro atoms. The SMILES string of the molecule is Cc1cc(NC(=O)C(C)N(C)Cc2ccc(F)c(F)c2)on1. The van der Waals surface area contributed by atoms with Gasteiger partial charge in [-0.3, -0.25) is 15.0 Å². The number of nitrogens with zero attached hydrogens (tertiary/aromatic N) is 2. The highest BCUT2D eigenvalue weighted by Crippen LogP contribution is 2.13. The fourth-order valence-corrected chi connectivity index (χ4v) is 1.91. The van der Waals surface area contributed by atoms with Gasteiger partial charge in [-0.1, -0.05) is 11.2 Å². The van der Waals surface area contributed by atoms with E-state index in [9.17, 15) is 13.6 Å². The first kappa shape index (κ1) is 16.1. The van der Waals surface area contributed by atoms with Gasteiger partial charge in [0, 0.05) is 12.6 Å².